The number of hydrogen-bond acceptors (Lipinski definition) is 4. The SMILES string of the molecule is CCNC(=NCCc1cccc(C(=O)NC)c1)N1CCOC(c2cnn(C)c2)C1.I. The van der Waals surface area contributed by atoms with Gasteiger partial charge in [0.25, 0.3) is 5.91 Å². The Kier molecular flexibility index (Phi) is 9.57. The second-order valence-corrected chi connectivity index (χ2v) is 7.02. The zero-order valence-electron chi connectivity index (χ0n) is 17.8. The van der Waals surface area contributed by atoms with Crippen molar-refractivity contribution in [2.75, 3.05) is 39.8 Å². The normalized spacial score (nSPS) is 16.7. The summed E-state index contributed by atoms with van der Waals surface area (Å²) < 4.78 is 7.74. The van der Waals surface area contributed by atoms with Crippen molar-refractivity contribution >= 4 is 35.8 Å². The quantitative estimate of drug-likeness (QED) is 0.342. The van der Waals surface area contributed by atoms with E-state index in [9.17, 15) is 4.79 Å². The summed E-state index contributed by atoms with van der Waals surface area (Å²) in [5.41, 5.74) is 2.85. The number of aromatic nitrogens is 2. The lowest BCUT2D eigenvalue weighted by molar-refractivity contribution is -0.00803. The van der Waals surface area contributed by atoms with E-state index in [1.165, 1.54) is 0 Å². The maximum Gasteiger partial charge on any atom is 0.251 e. The minimum absolute atomic E-state index is 0. The van der Waals surface area contributed by atoms with Gasteiger partial charge >= 0.3 is 0 Å². The molecule has 8 nitrogen and oxygen atoms in total. The summed E-state index contributed by atoms with van der Waals surface area (Å²) in [4.78, 5) is 18.9. The summed E-state index contributed by atoms with van der Waals surface area (Å²) in [7, 11) is 3.55. The number of ether oxygens (including phenoxy) is 1. The van der Waals surface area contributed by atoms with E-state index >= 15 is 0 Å². The van der Waals surface area contributed by atoms with E-state index in [1.54, 1.807) is 11.7 Å². The molecule has 3 rings (SSSR count). The average molecular weight is 526 g/mol. The molecule has 0 spiro atoms. The van der Waals surface area contributed by atoms with Crippen LogP contribution < -0.4 is 10.6 Å². The van der Waals surface area contributed by atoms with E-state index in [1.807, 2.05) is 43.7 Å². The van der Waals surface area contributed by atoms with Gasteiger partial charge in [0.05, 0.1) is 19.3 Å². The Morgan fingerprint density at radius 2 is 2.23 bits per heavy atom. The number of benzene rings is 1. The number of carbonyl (C=O) groups is 1. The van der Waals surface area contributed by atoms with E-state index in [-0.39, 0.29) is 36.0 Å². The maximum atomic E-state index is 11.8. The van der Waals surface area contributed by atoms with Gasteiger partial charge in [-0.2, -0.15) is 5.10 Å². The molecule has 0 bridgehead atoms. The largest absolute Gasteiger partial charge is 0.370 e. The lowest BCUT2D eigenvalue weighted by Crippen LogP contribution is -2.48. The Morgan fingerprint density at radius 1 is 1.40 bits per heavy atom. The average Bonchev–Trinajstić information content (AvgIpc) is 3.19. The van der Waals surface area contributed by atoms with Gasteiger partial charge in [-0.15, -0.1) is 24.0 Å². The highest BCUT2D eigenvalue weighted by atomic mass is 127. The second kappa shape index (κ2) is 11.9. The smallest absolute Gasteiger partial charge is 0.251 e. The zero-order valence-corrected chi connectivity index (χ0v) is 20.1. The van der Waals surface area contributed by atoms with Gasteiger partial charge in [0.15, 0.2) is 5.96 Å². The van der Waals surface area contributed by atoms with Crippen LogP contribution in [-0.4, -0.2) is 66.4 Å². The minimum atomic E-state index is -0.0709. The van der Waals surface area contributed by atoms with Gasteiger partial charge in [0.2, 0.25) is 0 Å². The summed E-state index contributed by atoms with van der Waals surface area (Å²) in [5.74, 6) is 0.825. The molecule has 0 radical (unpaired) electrons. The molecule has 1 aliphatic heterocycles. The number of morpholine rings is 1. The molecular weight excluding hydrogens is 495 g/mol. The highest BCUT2D eigenvalue weighted by Crippen LogP contribution is 2.21. The fourth-order valence-electron chi connectivity index (χ4n) is 3.38. The first-order valence-corrected chi connectivity index (χ1v) is 10.0. The number of halogens is 1. The number of nitrogens with zero attached hydrogens (tertiary/aromatic N) is 4. The van der Waals surface area contributed by atoms with Crippen molar-refractivity contribution in [2.24, 2.45) is 12.0 Å². The molecule has 1 aliphatic rings. The maximum absolute atomic E-state index is 11.8. The fraction of sp³-hybridized carbons (Fsp3) is 0.476. The van der Waals surface area contributed by atoms with Crippen molar-refractivity contribution in [1.82, 2.24) is 25.3 Å². The molecule has 0 saturated carbocycles. The monoisotopic (exact) mass is 526 g/mol. The third-order valence-electron chi connectivity index (χ3n) is 4.88. The molecule has 1 amide bonds. The number of carbonyl (C=O) groups excluding carboxylic acids is 1. The standard InChI is InChI=1S/C21H30N6O2.HI/c1-4-23-21(24-9-8-16-6-5-7-17(12-16)20(28)22-2)27-10-11-29-19(15-27)18-13-25-26(3)14-18;/h5-7,12-14,19H,4,8-11,15H2,1-3H3,(H,22,28)(H,23,24);1H. The van der Waals surface area contributed by atoms with Crippen LogP contribution in [0, 0.1) is 0 Å². The molecule has 9 heteroatoms. The number of aryl methyl sites for hydroxylation is 1. The van der Waals surface area contributed by atoms with Gasteiger partial charge in [-0.1, -0.05) is 12.1 Å². The first-order chi connectivity index (χ1) is 14.1. The van der Waals surface area contributed by atoms with Gasteiger partial charge in [0, 0.05) is 51.1 Å². The molecule has 2 heterocycles. The van der Waals surface area contributed by atoms with Gasteiger partial charge in [-0.25, -0.2) is 0 Å². The summed E-state index contributed by atoms with van der Waals surface area (Å²) in [6, 6.07) is 7.69. The van der Waals surface area contributed by atoms with Crippen LogP contribution in [0.3, 0.4) is 0 Å². The van der Waals surface area contributed by atoms with E-state index in [4.69, 9.17) is 9.73 Å². The van der Waals surface area contributed by atoms with Gasteiger partial charge in [-0.05, 0) is 31.0 Å². The van der Waals surface area contributed by atoms with Crippen LogP contribution in [0.15, 0.2) is 41.7 Å². The fourth-order valence-corrected chi connectivity index (χ4v) is 3.38. The summed E-state index contributed by atoms with van der Waals surface area (Å²) in [5, 5.41) is 10.3. The third-order valence-corrected chi connectivity index (χ3v) is 4.88. The number of amides is 1. The minimum Gasteiger partial charge on any atom is -0.370 e. The van der Waals surface area contributed by atoms with Crippen molar-refractivity contribution < 1.29 is 9.53 Å². The van der Waals surface area contributed by atoms with Crippen LogP contribution in [0.5, 0.6) is 0 Å². The lowest BCUT2D eigenvalue weighted by Gasteiger charge is -2.34. The Balaban J connectivity index is 0.00000320. The molecule has 2 aromatic rings. The van der Waals surface area contributed by atoms with Crippen molar-refractivity contribution in [3.05, 3.63) is 53.3 Å². The zero-order chi connectivity index (χ0) is 20.6. The molecule has 30 heavy (non-hydrogen) atoms. The molecule has 2 N–H and O–H groups in total. The number of guanidine groups is 1. The molecule has 1 atom stereocenters. The Morgan fingerprint density at radius 3 is 2.93 bits per heavy atom. The summed E-state index contributed by atoms with van der Waals surface area (Å²) in [6.07, 6.45) is 4.62. The summed E-state index contributed by atoms with van der Waals surface area (Å²) in [6.45, 7) is 5.71. The molecule has 1 fully saturated rings. The van der Waals surface area contributed by atoms with Crippen molar-refractivity contribution in [1.29, 1.82) is 0 Å². The number of rotatable bonds is 6. The van der Waals surface area contributed by atoms with Crippen molar-refractivity contribution in [2.45, 2.75) is 19.4 Å². The molecule has 1 unspecified atom stereocenters. The van der Waals surface area contributed by atoms with Crippen LogP contribution >= 0.6 is 24.0 Å². The van der Waals surface area contributed by atoms with Gasteiger partial charge < -0.3 is 20.3 Å². The number of hydrogen-bond donors (Lipinski definition) is 2. The van der Waals surface area contributed by atoms with Crippen molar-refractivity contribution in [3.63, 3.8) is 0 Å². The molecule has 1 aromatic carbocycles. The highest BCUT2D eigenvalue weighted by Gasteiger charge is 2.25. The first-order valence-electron chi connectivity index (χ1n) is 10.0. The van der Waals surface area contributed by atoms with Crippen LogP contribution in [0.2, 0.25) is 0 Å². The Labute approximate surface area is 195 Å². The van der Waals surface area contributed by atoms with E-state index in [2.05, 4.69) is 27.6 Å². The van der Waals surface area contributed by atoms with Crippen LogP contribution in [0.25, 0.3) is 0 Å². The molecule has 164 valence electrons. The predicted octanol–water partition coefficient (Wildman–Crippen LogP) is 1.98. The number of nitrogens with one attached hydrogen (secondary N) is 2. The Hall–Kier alpha value is -2.14. The summed E-state index contributed by atoms with van der Waals surface area (Å²) >= 11 is 0. The molecule has 1 aromatic heterocycles. The Bertz CT molecular complexity index is 854. The highest BCUT2D eigenvalue weighted by molar-refractivity contribution is 14.0. The van der Waals surface area contributed by atoms with Crippen molar-refractivity contribution in [3.8, 4) is 0 Å². The van der Waals surface area contributed by atoms with Gasteiger partial charge in [-0.3, -0.25) is 14.5 Å². The molecular formula is C21H31IN6O2. The van der Waals surface area contributed by atoms with Crippen LogP contribution in [-0.2, 0) is 18.2 Å². The number of aliphatic imine (C=N–C) groups is 1. The second-order valence-electron chi connectivity index (χ2n) is 7.02. The molecule has 1 saturated heterocycles. The third kappa shape index (κ3) is 6.43. The molecule has 0 aliphatic carbocycles. The van der Waals surface area contributed by atoms with Gasteiger partial charge in [0.1, 0.15) is 6.10 Å². The van der Waals surface area contributed by atoms with E-state index in [0.29, 0.717) is 18.7 Å². The van der Waals surface area contributed by atoms with E-state index < -0.39 is 0 Å². The van der Waals surface area contributed by atoms with Crippen LogP contribution in [0.4, 0.5) is 0 Å². The van der Waals surface area contributed by atoms with Crippen LogP contribution in [0.1, 0.15) is 34.5 Å². The first kappa shape index (κ1) is 24.1. The topological polar surface area (TPSA) is 83.8 Å². The van der Waals surface area contributed by atoms with E-state index in [0.717, 1.165) is 43.1 Å². The lowest BCUT2D eigenvalue weighted by atomic mass is 10.1. The predicted molar refractivity (Wildman–Crippen MR) is 128 cm³/mol.